The number of hydrogen-bond acceptors (Lipinski definition) is 5. The molecule has 30 heavy (non-hydrogen) atoms. The molecule has 1 aliphatic rings. The summed E-state index contributed by atoms with van der Waals surface area (Å²) in [6.45, 7) is 1.74. The third kappa shape index (κ3) is 4.48. The smallest absolute Gasteiger partial charge is 0.278 e. The number of hydrogen-bond donors (Lipinski definition) is 0. The summed E-state index contributed by atoms with van der Waals surface area (Å²) in [6.07, 6.45) is 0. The van der Waals surface area contributed by atoms with Crippen LogP contribution in [0.15, 0.2) is 53.5 Å². The number of aromatic nitrogens is 2. The quantitative estimate of drug-likeness (QED) is 0.619. The molecule has 0 saturated carbocycles. The summed E-state index contributed by atoms with van der Waals surface area (Å²) in [6, 6.07) is 12.0. The Hall–Kier alpha value is -2.88. The minimum absolute atomic E-state index is 0.0762. The molecule has 1 fully saturated rings. The lowest BCUT2D eigenvalue weighted by Crippen LogP contribution is -2.42. The molecule has 2 amide bonds. The van der Waals surface area contributed by atoms with Gasteiger partial charge >= 0.3 is 0 Å². The monoisotopic (exact) mass is 446 g/mol. The lowest BCUT2D eigenvalue weighted by Gasteiger charge is -2.25. The normalized spacial score (nSPS) is 14.7. The van der Waals surface area contributed by atoms with Crippen molar-refractivity contribution in [1.82, 2.24) is 14.1 Å². The topological polar surface area (TPSA) is 76.8 Å². The maximum atomic E-state index is 13.1. The van der Waals surface area contributed by atoms with Crippen molar-refractivity contribution in [1.29, 1.82) is 0 Å². The molecule has 4 rings (SSSR count). The van der Waals surface area contributed by atoms with Crippen molar-refractivity contribution >= 4 is 34.9 Å². The van der Waals surface area contributed by atoms with Crippen molar-refractivity contribution in [3.05, 3.63) is 75.3 Å². The molecule has 10 heteroatoms. The average molecular weight is 447 g/mol. The van der Waals surface area contributed by atoms with Crippen LogP contribution in [0.4, 0.5) is 4.39 Å². The fourth-order valence-corrected chi connectivity index (χ4v) is 3.81. The Labute approximate surface area is 180 Å². The number of carbonyl (C=O) groups excluding carboxylic acids is 2. The predicted octanol–water partition coefficient (Wildman–Crippen LogP) is 2.94. The third-order valence-electron chi connectivity index (χ3n) is 4.41. The first-order chi connectivity index (χ1) is 14.5. The van der Waals surface area contributed by atoms with Crippen LogP contribution in [-0.2, 0) is 4.74 Å². The standard InChI is InChI=1S/C20H16ClFN4O3S/c21-14-3-7-16(8-4-14)26-24-17(20(28)25-9-11-29-12-10-25)19(30-26)23-18(27)13-1-5-15(22)6-2-13/h1-8H,9-12H2. The lowest BCUT2D eigenvalue weighted by molar-refractivity contribution is 0.0297. The number of benzene rings is 2. The Morgan fingerprint density at radius 3 is 2.40 bits per heavy atom. The van der Waals surface area contributed by atoms with Crippen LogP contribution in [0.2, 0.25) is 5.02 Å². The van der Waals surface area contributed by atoms with Gasteiger partial charge in [-0.3, -0.25) is 9.59 Å². The molecule has 0 aliphatic carbocycles. The highest BCUT2D eigenvalue weighted by Gasteiger charge is 2.24. The van der Waals surface area contributed by atoms with Crippen molar-refractivity contribution < 1.29 is 18.7 Å². The van der Waals surface area contributed by atoms with Gasteiger partial charge in [-0.1, -0.05) is 11.6 Å². The van der Waals surface area contributed by atoms with Gasteiger partial charge in [0, 0.05) is 23.7 Å². The molecular weight excluding hydrogens is 431 g/mol. The van der Waals surface area contributed by atoms with E-state index >= 15 is 0 Å². The summed E-state index contributed by atoms with van der Waals surface area (Å²) in [7, 11) is 0. The third-order valence-corrected chi connectivity index (χ3v) is 5.58. The molecule has 0 N–H and O–H groups in total. The van der Waals surface area contributed by atoms with Gasteiger partial charge in [-0.2, -0.15) is 9.06 Å². The van der Waals surface area contributed by atoms with Gasteiger partial charge in [-0.15, -0.1) is 5.10 Å². The van der Waals surface area contributed by atoms with E-state index in [4.69, 9.17) is 16.3 Å². The van der Waals surface area contributed by atoms with Crippen LogP contribution in [0.5, 0.6) is 0 Å². The van der Waals surface area contributed by atoms with Crippen LogP contribution in [0.3, 0.4) is 0 Å². The molecule has 0 radical (unpaired) electrons. The molecule has 2 heterocycles. The van der Waals surface area contributed by atoms with Gasteiger partial charge in [0.15, 0.2) is 10.4 Å². The first kappa shape index (κ1) is 20.4. The first-order valence-electron chi connectivity index (χ1n) is 9.09. The summed E-state index contributed by atoms with van der Waals surface area (Å²) in [5, 5.41) is 4.97. The Morgan fingerprint density at radius 2 is 1.73 bits per heavy atom. The molecule has 1 saturated heterocycles. The number of amides is 2. The second-order valence-corrected chi connectivity index (χ2v) is 7.77. The van der Waals surface area contributed by atoms with Gasteiger partial charge in [-0.25, -0.2) is 4.39 Å². The highest BCUT2D eigenvalue weighted by molar-refractivity contribution is 7.04. The highest BCUT2D eigenvalue weighted by Crippen LogP contribution is 2.15. The molecule has 1 aromatic heterocycles. The highest BCUT2D eigenvalue weighted by atomic mass is 35.5. The fraction of sp³-hybridized carbons (Fsp3) is 0.200. The summed E-state index contributed by atoms with van der Waals surface area (Å²) in [5.41, 5.74) is 0.969. The molecule has 154 valence electrons. The fourth-order valence-electron chi connectivity index (χ4n) is 2.83. The molecule has 7 nitrogen and oxygen atoms in total. The molecule has 0 bridgehead atoms. The zero-order chi connectivity index (χ0) is 21.1. The molecule has 0 atom stereocenters. The Bertz CT molecular complexity index is 1140. The predicted molar refractivity (Wildman–Crippen MR) is 109 cm³/mol. The number of rotatable bonds is 3. The molecule has 0 spiro atoms. The van der Waals surface area contributed by atoms with E-state index in [1.807, 2.05) is 0 Å². The first-order valence-corrected chi connectivity index (χ1v) is 10.2. The Morgan fingerprint density at radius 1 is 1.07 bits per heavy atom. The maximum absolute atomic E-state index is 13.1. The number of morpholine rings is 1. The number of nitrogens with zero attached hydrogens (tertiary/aromatic N) is 4. The van der Waals surface area contributed by atoms with Gasteiger partial charge in [0.2, 0.25) is 0 Å². The van der Waals surface area contributed by atoms with Crippen molar-refractivity contribution in [2.75, 3.05) is 26.3 Å². The van der Waals surface area contributed by atoms with E-state index in [1.165, 1.54) is 28.3 Å². The van der Waals surface area contributed by atoms with Gasteiger partial charge < -0.3 is 9.64 Å². The van der Waals surface area contributed by atoms with Crippen LogP contribution in [-0.4, -0.2) is 52.2 Å². The van der Waals surface area contributed by atoms with E-state index < -0.39 is 11.7 Å². The molecule has 3 aromatic rings. The number of halogens is 2. The van der Waals surface area contributed by atoms with E-state index in [-0.39, 0.29) is 21.8 Å². The van der Waals surface area contributed by atoms with E-state index in [9.17, 15) is 14.0 Å². The molecule has 0 unspecified atom stereocenters. The zero-order valence-corrected chi connectivity index (χ0v) is 17.2. The van der Waals surface area contributed by atoms with Crippen LogP contribution in [0, 0.1) is 5.82 Å². The minimum Gasteiger partial charge on any atom is -0.378 e. The zero-order valence-electron chi connectivity index (χ0n) is 15.6. The van der Waals surface area contributed by atoms with Gasteiger partial charge in [-0.05, 0) is 60.1 Å². The minimum atomic E-state index is -0.585. The molecule has 1 aliphatic heterocycles. The van der Waals surface area contributed by atoms with Gasteiger partial charge in [0.05, 0.1) is 18.9 Å². The van der Waals surface area contributed by atoms with Crippen LogP contribution in [0.1, 0.15) is 20.8 Å². The molecule has 2 aromatic carbocycles. The van der Waals surface area contributed by atoms with Crippen LogP contribution < -0.4 is 4.67 Å². The molecular formula is C20H16ClFN4O3S. The van der Waals surface area contributed by atoms with Gasteiger partial charge in [0.1, 0.15) is 5.82 Å². The largest absolute Gasteiger partial charge is 0.378 e. The second-order valence-electron chi connectivity index (χ2n) is 6.42. The Kier molecular flexibility index (Phi) is 6.03. The van der Waals surface area contributed by atoms with Crippen molar-refractivity contribution in [2.24, 2.45) is 4.99 Å². The van der Waals surface area contributed by atoms with Crippen molar-refractivity contribution in [3.8, 4) is 5.69 Å². The summed E-state index contributed by atoms with van der Waals surface area (Å²) >= 11 is 7.01. The van der Waals surface area contributed by atoms with E-state index in [1.54, 1.807) is 29.2 Å². The summed E-state index contributed by atoms with van der Waals surface area (Å²) in [4.78, 5) is 31.4. The summed E-state index contributed by atoms with van der Waals surface area (Å²) in [5.74, 6) is -1.36. The second kappa shape index (κ2) is 8.86. The van der Waals surface area contributed by atoms with Crippen molar-refractivity contribution in [3.63, 3.8) is 0 Å². The Balaban J connectivity index is 1.76. The number of ether oxygens (including phenoxy) is 1. The van der Waals surface area contributed by atoms with Crippen molar-refractivity contribution in [2.45, 2.75) is 0 Å². The lowest BCUT2D eigenvalue weighted by atomic mass is 10.2. The van der Waals surface area contributed by atoms with Crippen LogP contribution >= 0.6 is 23.1 Å². The van der Waals surface area contributed by atoms with Crippen LogP contribution in [0.25, 0.3) is 5.69 Å². The van der Waals surface area contributed by atoms with Gasteiger partial charge in [0.25, 0.3) is 11.8 Å². The van der Waals surface area contributed by atoms with E-state index in [2.05, 4.69) is 10.1 Å². The maximum Gasteiger partial charge on any atom is 0.278 e. The van der Waals surface area contributed by atoms with E-state index in [0.29, 0.717) is 37.0 Å². The average Bonchev–Trinajstić information content (AvgIpc) is 3.18. The number of carbonyl (C=O) groups is 2. The summed E-state index contributed by atoms with van der Waals surface area (Å²) < 4.78 is 20.1. The SMILES string of the molecule is O=C(N=c1sn(-c2ccc(Cl)cc2)nc1C(=O)N1CCOCC1)c1ccc(F)cc1. The van der Waals surface area contributed by atoms with E-state index in [0.717, 1.165) is 11.5 Å².